The van der Waals surface area contributed by atoms with E-state index in [1.807, 2.05) is 14.1 Å². The van der Waals surface area contributed by atoms with Crippen LogP contribution in [0.3, 0.4) is 0 Å². The number of hydrogen-bond donors (Lipinski definition) is 1. The first-order valence-corrected chi connectivity index (χ1v) is 6.24. The summed E-state index contributed by atoms with van der Waals surface area (Å²) >= 11 is 0. The lowest BCUT2D eigenvalue weighted by molar-refractivity contribution is 0.0520. The molecule has 0 spiro atoms. The predicted octanol–water partition coefficient (Wildman–Crippen LogP) is 1.17. The summed E-state index contributed by atoms with van der Waals surface area (Å²) < 4.78 is 10.5. The third-order valence-electron chi connectivity index (χ3n) is 2.36. The molecule has 0 aliphatic heterocycles. The van der Waals surface area contributed by atoms with Gasteiger partial charge in [0.2, 0.25) is 5.88 Å². The smallest absolute Gasteiger partial charge is 0.343 e. The summed E-state index contributed by atoms with van der Waals surface area (Å²) in [4.78, 5) is 17.9. The highest BCUT2D eigenvalue weighted by molar-refractivity contribution is 5.92. The number of aromatic nitrogens is 1. The van der Waals surface area contributed by atoms with Gasteiger partial charge in [-0.25, -0.2) is 9.78 Å². The molecule has 1 aromatic heterocycles. The van der Waals surface area contributed by atoms with Crippen LogP contribution in [0.2, 0.25) is 0 Å². The molecule has 0 unspecified atom stereocenters. The van der Waals surface area contributed by atoms with Crippen molar-refractivity contribution in [1.82, 2.24) is 9.88 Å². The Morgan fingerprint density at radius 1 is 1.47 bits per heavy atom. The number of pyridine rings is 1. The zero-order valence-electron chi connectivity index (χ0n) is 11.7. The van der Waals surface area contributed by atoms with Crippen molar-refractivity contribution in [2.24, 2.45) is 0 Å². The molecule has 0 fully saturated rings. The van der Waals surface area contributed by atoms with Gasteiger partial charge in [-0.1, -0.05) is 0 Å². The van der Waals surface area contributed by atoms with Gasteiger partial charge in [0.1, 0.15) is 5.56 Å². The van der Waals surface area contributed by atoms with E-state index in [-0.39, 0.29) is 11.4 Å². The molecular formula is C13H21N3O3. The first kappa shape index (κ1) is 15.2. The van der Waals surface area contributed by atoms with Crippen molar-refractivity contribution < 1.29 is 14.3 Å². The molecule has 0 aliphatic rings. The summed E-state index contributed by atoms with van der Waals surface area (Å²) in [5.74, 6) is -0.198. The molecule has 6 nitrogen and oxygen atoms in total. The highest BCUT2D eigenvalue weighted by Crippen LogP contribution is 2.19. The highest BCUT2D eigenvalue weighted by Gasteiger charge is 2.15. The van der Waals surface area contributed by atoms with Crippen molar-refractivity contribution in [2.45, 2.75) is 13.3 Å². The SMILES string of the molecule is CCOC(=O)c1cc(N)cnc1OCCCN(C)C. The molecule has 0 radical (unpaired) electrons. The van der Waals surface area contributed by atoms with Gasteiger partial charge in [-0.05, 0) is 33.5 Å². The summed E-state index contributed by atoms with van der Waals surface area (Å²) in [7, 11) is 3.98. The predicted molar refractivity (Wildman–Crippen MR) is 73.3 cm³/mol. The molecule has 2 N–H and O–H groups in total. The summed E-state index contributed by atoms with van der Waals surface area (Å²) in [6.07, 6.45) is 2.31. The Morgan fingerprint density at radius 3 is 2.84 bits per heavy atom. The summed E-state index contributed by atoms with van der Waals surface area (Å²) in [5, 5.41) is 0. The Labute approximate surface area is 113 Å². The van der Waals surface area contributed by atoms with Gasteiger partial charge in [0.05, 0.1) is 25.1 Å². The van der Waals surface area contributed by atoms with Crippen LogP contribution in [-0.4, -0.2) is 49.7 Å². The fourth-order valence-electron chi connectivity index (χ4n) is 1.49. The number of rotatable bonds is 7. The van der Waals surface area contributed by atoms with Crippen LogP contribution in [0.5, 0.6) is 5.88 Å². The van der Waals surface area contributed by atoms with Gasteiger partial charge in [0, 0.05) is 6.54 Å². The quantitative estimate of drug-likeness (QED) is 0.590. The lowest BCUT2D eigenvalue weighted by Gasteiger charge is -2.12. The Kier molecular flexibility index (Phi) is 6.08. The molecule has 0 amide bonds. The van der Waals surface area contributed by atoms with Crippen molar-refractivity contribution in [2.75, 3.05) is 39.6 Å². The standard InChI is InChI=1S/C13H21N3O3/c1-4-18-13(17)11-8-10(14)9-15-12(11)19-7-5-6-16(2)3/h8-9H,4-7,14H2,1-3H3. The van der Waals surface area contributed by atoms with Gasteiger partial charge in [-0.3, -0.25) is 0 Å². The fourth-order valence-corrected chi connectivity index (χ4v) is 1.49. The number of carbonyl (C=O) groups excluding carboxylic acids is 1. The van der Waals surface area contributed by atoms with E-state index in [2.05, 4.69) is 9.88 Å². The van der Waals surface area contributed by atoms with Gasteiger partial charge in [-0.2, -0.15) is 0 Å². The molecule has 1 heterocycles. The maximum absolute atomic E-state index is 11.8. The van der Waals surface area contributed by atoms with Crippen molar-refractivity contribution in [3.05, 3.63) is 17.8 Å². The van der Waals surface area contributed by atoms with Gasteiger partial charge in [0.15, 0.2) is 0 Å². The Hall–Kier alpha value is -1.82. The molecule has 19 heavy (non-hydrogen) atoms. The van der Waals surface area contributed by atoms with E-state index >= 15 is 0 Å². The normalized spacial score (nSPS) is 10.5. The van der Waals surface area contributed by atoms with Crippen LogP contribution in [0, 0.1) is 0 Å². The van der Waals surface area contributed by atoms with Crippen molar-refractivity contribution >= 4 is 11.7 Å². The molecule has 0 atom stereocenters. The van der Waals surface area contributed by atoms with Gasteiger partial charge in [0.25, 0.3) is 0 Å². The third-order valence-corrected chi connectivity index (χ3v) is 2.36. The van der Waals surface area contributed by atoms with Crippen LogP contribution >= 0.6 is 0 Å². The van der Waals surface area contributed by atoms with Crippen LogP contribution in [-0.2, 0) is 4.74 Å². The minimum Gasteiger partial charge on any atom is -0.477 e. The van der Waals surface area contributed by atoms with Gasteiger partial charge in [-0.15, -0.1) is 0 Å². The monoisotopic (exact) mass is 267 g/mol. The Bertz CT molecular complexity index is 422. The fraction of sp³-hybridized carbons (Fsp3) is 0.538. The van der Waals surface area contributed by atoms with E-state index in [0.29, 0.717) is 18.9 Å². The maximum atomic E-state index is 11.8. The first-order chi connectivity index (χ1) is 9.04. The second-order valence-corrected chi connectivity index (χ2v) is 4.35. The van der Waals surface area contributed by atoms with E-state index < -0.39 is 5.97 Å². The second-order valence-electron chi connectivity index (χ2n) is 4.35. The lowest BCUT2D eigenvalue weighted by atomic mass is 10.2. The topological polar surface area (TPSA) is 77.7 Å². The van der Waals surface area contributed by atoms with Gasteiger partial charge < -0.3 is 20.1 Å². The average Bonchev–Trinajstić information content (AvgIpc) is 2.36. The summed E-state index contributed by atoms with van der Waals surface area (Å²) in [5.41, 5.74) is 6.30. The molecule has 0 aromatic carbocycles. The van der Waals surface area contributed by atoms with E-state index in [4.69, 9.17) is 15.2 Å². The van der Waals surface area contributed by atoms with Crippen LogP contribution in [0.25, 0.3) is 0 Å². The largest absolute Gasteiger partial charge is 0.477 e. The number of nitrogens with two attached hydrogens (primary N) is 1. The average molecular weight is 267 g/mol. The number of ether oxygens (including phenoxy) is 2. The van der Waals surface area contributed by atoms with Crippen molar-refractivity contribution in [3.8, 4) is 5.88 Å². The van der Waals surface area contributed by atoms with Crippen molar-refractivity contribution in [1.29, 1.82) is 0 Å². The first-order valence-electron chi connectivity index (χ1n) is 6.24. The summed E-state index contributed by atoms with van der Waals surface area (Å²) in [6.45, 7) is 3.44. The molecule has 1 rings (SSSR count). The molecule has 0 aliphatic carbocycles. The van der Waals surface area contributed by atoms with Crippen LogP contribution in [0.15, 0.2) is 12.3 Å². The highest BCUT2D eigenvalue weighted by atomic mass is 16.5. The van der Waals surface area contributed by atoms with E-state index in [1.54, 1.807) is 6.92 Å². The van der Waals surface area contributed by atoms with E-state index in [0.717, 1.165) is 13.0 Å². The molecule has 1 aromatic rings. The molecular weight excluding hydrogens is 246 g/mol. The number of nitrogen functional groups attached to an aromatic ring is 1. The zero-order valence-corrected chi connectivity index (χ0v) is 11.7. The number of esters is 1. The number of hydrogen-bond acceptors (Lipinski definition) is 6. The molecule has 106 valence electrons. The molecule has 0 bridgehead atoms. The van der Waals surface area contributed by atoms with Crippen LogP contribution < -0.4 is 10.5 Å². The second kappa shape index (κ2) is 7.58. The van der Waals surface area contributed by atoms with Crippen LogP contribution in [0.1, 0.15) is 23.7 Å². The third kappa shape index (κ3) is 5.13. The minimum atomic E-state index is -0.468. The lowest BCUT2D eigenvalue weighted by Crippen LogP contribution is -2.16. The number of carbonyl (C=O) groups is 1. The van der Waals surface area contributed by atoms with Gasteiger partial charge >= 0.3 is 5.97 Å². The van der Waals surface area contributed by atoms with E-state index in [1.165, 1.54) is 12.3 Å². The van der Waals surface area contributed by atoms with Crippen LogP contribution in [0.4, 0.5) is 5.69 Å². The number of anilines is 1. The Balaban J connectivity index is 2.68. The minimum absolute atomic E-state index is 0.270. The molecule has 0 saturated carbocycles. The van der Waals surface area contributed by atoms with Crippen molar-refractivity contribution in [3.63, 3.8) is 0 Å². The Morgan fingerprint density at radius 2 is 2.21 bits per heavy atom. The van der Waals surface area contributed by atoms with E-state index in [9.17, 15) is 4.79 Å². The summed E-state index contributed by atoms with van der Waals surface area (Å²) in [6, 6.07) is 1.52. The zero-order chi connectivity index (χ0) is 14.3. The number of nitrogens with zero attached hydrogens (tertiary/aromatic N) is 2. The molecule has 6 heteroatoms. The maximum Gasteiger partial charge on any atom is 0.343 e. The molecule has 0 saturated heterocycles.